The molecular weight excluding hydrogens is 381 g/mol. The zero-order valence-corrected chi connectivity index (χ0v) is 16.3. The number of halogens is 2. The number of hydrogen-bond acceptors (Lipinski definition) is 4. The van der Waals surface area contributed by atoms with Gasteiger partial charge in [-0.2, -0.15) is 0 Å². The average molecular weight is 398 g/mol. The van der Waals surface area contributed by atoms with Gasteiger partial charge in [-0.1, -0.05) is 22.8 Å². The van der Waals surface area contributed by atoms with E-state index < -0.39 is 5.82 Å². The molecule has 142 valence electrons. The third-order valence-electron chi connectivity index (χ3n) is 4.82. The van der Waals surface area contributed by atoms with Crippen molar-refractivity contribution >= 4 is 28.2 Å². The zero-order chi connectivity index (χ0) is 20.2. The van der Waals surface area contributed by atoms with Crippen LogP contribution in [0.5, 0.6) is 0 Å². The Bertz CT molecular complexity index is 1260. The first-order valence-electron chi connectivity index (χ1n) is 8.62. The van der Waals surface area contributed by atoms with Crippen molar-refractivity contribution in [2.75, 3.05) is 5.73 Å². The summed E-state index contributed by atoms with van der Waals surface area (Å²) in [7, 11) is 0. The predicted molar refractivity (Wildman–Crippen MR) is 109 cm³/mol. The number of rotatable bonds is 2. The molecule has 0 aliphatic heterocycles. The maximum atomic E-state index is 13.9. The van der Waals surface area contributed by atoms with Gasteiger partial charge in [0.2, 0.25) is 0 Å². The summed E-state index contributed by atoms with van der Waals surface area (Å²) in [6.45, 7) is 5.50. The van der Waals surface area contributed by atoms with E-state index in [1.807, 2.05) is 30.5 Å². The van der Waals surface area contributed by atoms with E-state index in [0.717, 1.165) is 16.8 Å². The quantitative estimate of drug-likeness (QED) is 0.486. The smallest absolute Gasteiger partial charge is 0.189 e. The van der Waals surface area contributed by atoms with Gasteiger partial charge in [-0.3, -0.25) is 4.79 Å². The van der Waals surface area contributed by atoms with Gasteiger partial charge in [0.1, 0.15) is 5.76 Å². The van der Waals surface area contributed by atoms with Gasteiger partial charge in [0, 0.05) is 28.4 Å². The van der Waals surface area contributed by atoms with Gasteiger partial charge in [0.25, 0.3) is 0 Å². The molecule has 0 fully saturated rings. The first-order chi connectivity index (χ1) is 13.3. The van der Waals surface area contributed by atoms with Crippen LogP contribution >= 0.6 is 11.6 Å². The molecule has 0 saturated heterocycles. The van der Waals surface area contributed by atoms with E-state index in [4.69, 9.17) is 21.9 Å². The van der Waals surface area contributed by atoms with Crippen molar-refractivity contribution < 1.29 is 8.91 Å². The predicted octanol–water partition coefficient (Wildman–Crippen LogP) is 4.95. The minimum atomic E-state index is -0.662. The molecule has 2 aromatic heterocycles. The molecule has 7 heteroatoms. The number of nitrogen functional groups attached to an aromatic ring is 1. The molecule has 2 heterocycles. The van der Waals surface area contributed by atoms with Gasteiger partial charge in [-0.15, -0.1) is 0 Å². The van der Waals surface area contributed by atoms with Gasteiger partial charge in [0.05, 0.1) is 21.9 Å². The summed E-state index contributed by atoms with van der Waals surface area (Å²) in [5, 5.41) is 4.45. The lowest BCUT2D eigenvalue weighted by atomic mass is 10.0. The lowest BCUT2D eigenvalue weighted by Crippen LogP contribution is -2.11. The monoisotopic (exact) mass is 397 g/mol. The first-order valence-corrected chi connectivity index (χ1v) is 9.00. The summed E-state index contributed by atoms with van der Waals surface area (Å²) < 4.78 is 21.0. The molecule has 0 bridgehead atoms. The van der Waals surface area contributed by atoms with Crippen LogP contribution in [0.2, 0.25) is 5.02 Å². The molecule has 0 saturated carbocycles. The molecule has 0 amide bonds. The molecule has 4 aromatic rings. The Kier molecular flexibility index (Phi) is 4.23. The molecule has 28 heavy (non-hydrogen) atoms. The second-order valence-electron chi connectivity index (χ2n) is 6.75. The number of nitrogens with zero attached hydrogens (tertiary/aromatic N) is 2. The molecule has 4 rings (SSSR count). The topological polar surface area (TPSA) is 74.0 Å². The molecule has 0 atom stereocenters. The third-order valence-corrected chi connectivity index (χ3v) is 5.09. The SMILES string of the molecule is Cc1noc(C)c1-c1ccc2c(=O)cc(C)n(-c3cc(N)c(F)c(Cl)c3)c2c1. The van der Waals surface area contributed by atoms with Gasteiger partial charge in [0.15, 0.2) is 11.2 Å². The summed E-state index contributed by atoms with van der Waals surface area (Å²) in [5.74, 6) is 0.0253. The van der Waals surface area contributed by atoms with E-state index in [-0.39, 0.29) is 16.1 Å². The Hall–Kier alpha value is -3.12. The standard InChI is InChI=1S/C21H17ClFN3O2/c1-10-6-19(27)15-5-4-13(20-11(2)25-28-12(20)3)7-18(15)26(10)14-8-16(22)21(23)17(24)9-14/h4-9H,24H2,1-3H3. The Morgan fingerprint density at radius 3 is 2.54 bits per heavy atom. The fraction of sp³-hybridized carbons (Fsp3) is 0.143. The van der Waals surface area contributed by atoms with Crippen LogP contribution in [0.15, 0.2) is 45.7 Å². The number of nitrogens with two attached hydrogens (primary N) is 1. The van der Waals surface area contributed by atoms with Crippen molar-refractivity contribution in [3.63, 3.8) is 0 Å². The normalized spacial score (nSPS) is 11.3. The van der Waals surface area contributed by atoms with E-state index in [1.54, 1.807) is 13.0 Å². The average Bonchev–Trinajstić information content (AvgIpc) is 2.97. The van der Waals surface area contributed by atoms with Gasteiger partial charge >= 0.3 is 0 Å². The van der Waals surface area contributed by atoms with Crippen LogP contribution in [0.3, 0.4) is 0 Å². The molecule has 0 unspecified atom stereocenters. The van der Waals surface area contributed by atoms with E-state index in [2.05, 4.69) is 5.16 Å². The number of aryl methyl sites for hydroxylation is 3. The van der Waals surface area contributed by atoms with Crippen molar-refractivity contribution in [1.82, 2.24) is 9.72 Å². The summed E-state index contributed by atoms with van der Waals surface area (Å²) >= 11 is 6.01. The van der Waals surface area contributed by atoms with Crippen molar-refractivity contribution in [1.29, 1.82) is 0 Å². The number of anilines is 1. The molecule has 0 radical (unpaired) electrons. The Morgan fingerprint density at radius 1 is 1.14 bits per heavy atom. The lowest BCUT2D eigenvalue weighted by Gasteiger charge is -2.17. The molecule has 0 aliphatic carbocycles. The highest BCUT2D eigenvalue weighted by Crippen LogP contribution is 2.32. The molecule has 5 nitrogen and oxygen atoms in total. The van der Waals surface area contributed by atoms with Crippen LogP contribution in [0.25, 0.3) is 27.7 Å². The second-order valence-corrected chi connectivity index (χ2v) is 7.15. The van der Waals surface area contributed by atoms with E-state index in [9.17, 15) is 9.18 Å². The second kappa shape index (κ2) is 6.49. The highest BCUT2D eigenvalue weighted by molar-refractivity contribution is 6.31. The van der Waals surface area contributed by atoms with Crippen LogP contribution < -0.4 is 11.2 Å². The molecule has 0 spiro atoms. The number of pyridine rings is 1. The van der Waals surface area contributed by atoms with Crippen molar-refractivity contribution in [2.45, 2.75) is 20.8 Å². The van der Waals surface area contributed by atoms with Crippen LogP contribution in [-0.4, -0.2) is 9.72 Å². The Labute approximate surface area is 165 Å². The number of hydrogen-bond donors (Lipinski definition) is 1. The molecule has 0 aliphatic rings. The summed E-state index contributed by atoms with van der Waals surface area (Å²) in [6.07, 6.45) is 0. The van der Waals surface area contributed by atoms with E-state index in [0.29, 0.717) is 28.0 Å². The Balaban J connectivity index is 2.09. The molecular formula is C21H17ClFN3O2. The first kappa shape index (κ1) is 18.3. The van der Waals surface area contributed by atoms with Crippen LogP contribution in [0.1, 0.15) is 17.1 Å². The van der Waals surface area contributed by atoms with Crippen molar-refractivity contribution in [3.8, 4) is 16.8 Å². The fourth-order valence-corrected chi connectivity index (χ4v) is 3.79. The van der Waals surface area contributed by atoms with Crippen LogP contribution in [0.4, 0.5) is 10.1 Å². The van der Waals surface area contributed by atoms with Gasteiger partial charge in [-0.25, -0.2) is 4.39 Å². The summed E-state index contributed by atoms with van der Waals surface area (Å²) in [4.78, 5) is 12.5. The molecule has 2 aromatic carbocycles. The number of fused-ring (bicyclic) bond motifs is 1. The fourth-order valence-electron chi connectivity index (χ4n) is 3.56. The minimum absolute atomic E-state index is 0.0596. The Morgan fingerprint density at radius 2 is 1.89 bits per heavy atom. The largest absolute Gasteiger partial charge is 0.396 e. The van der Waals surface area contributed by atoms with E-state index >= 15 is 0 Å². The zero-order valence-electron chi connectivity index (χ0n) is 15.5. The number of aromatic nitrogens is 2. The van der Waals surface area contributed by atoms with Gasteiger partial charge < -0.3 is 14.8 Å². The van der Waals surface area contributed by atoms with Gasteiger partial charge in [-0.05, 0) is 50.6 Å². The lowest BCUT2D eigenvalue weighted by molar-refractivity contribution is 0.393. The summed E-state index contributed by atoms with van der Waals surface area (Å²) in [6, 6.07) is 10.0. The molecule has 2 N–H and O–H groups in total. The number of benzene rings is 2. The van der Waals surface area contributed by atoms with Crippen molar-refractivity contribution in [2.24, 2.45) is 0 Å². The third kappa shape index (κ3) is 2.77. The maximum absolute atomic E-state index is 13.9. The van der Waals surface area contributed by atoms with Crippen LogP contribution in [-0.2, 0) is 0 Å². The highest BCUT2D eigenvalue weighted by Gasteiger charge is 2.16. The minimum Gasteiger partial charge on any atom is -0.396 e. The van der Waals surface area contributed by atoms with Crippen LogP contribution in [0, 0.1) is 26.6 Å². The highest BCUT2D eigenvalue weighted by atomic mass is 35.5. The van der Waals surface area contributed by atoms with E-state index in [1.165, 1.54) is 18.2 Å². The maximum Gasteiger partial charge on any atom is 0.189 e. The van der Waals surface area contributed by atoms with Crippen molar-refractivity contribution in [3.05, 3.63) is 74.6 Å². The summed E-state index contributed by atoms with van der Waals surface area (Å²) in [5.41, 5.74) is 10.0.